The summed E-state index contributed by atoms with van der Waals surface area (Å²) in [6.45, 7) is 7.58. The second kappa shape index (κ2) is 8.43. The molecule has 3 aromatic rings. The highest BCUT2D eigenvalue weighted by molar-refractivity contribution is 14.1. The number of benzene rings is 1. The average Bonchev–Trinajstić information content (AvgIpc) is 3.11. The number of ether oxygens (including phenoxy) is 1. The minimum absolute atomic E-state index is 0.123. The van der Waals surface area contributed by atoms with Crippen LogP contribution >= 0.6 is 22.6 Å². The van der Waals surface area contributed by atoms with Crippen LogP contribution in [0.5, 0.6) is 0 Å². The van der Waals surface area contributed by atoms with Crippen LogP contribution in [0.2, 0.25) is 0 Å². The number of fused-ring (bicyclic) bond motifs is 1. The second-order valence-electron chi connectivity index (χ2n) is 8.39. The van der Waals surface area contributed by atoms with E-state index in [1.54, 1.807) is 15.6 Å². The largest absolute Gasteiger partial charge is 0.444 e. The zero-order valence-corrected chi connectivity index (χ0v) is 19.8. The molecule has 0 bridgehead atoms. The molecule has 1 N–H and O–H groups in total. The van der Waals surface area contributed by atoms with Crippen molar-refractivity contribution in [1.82, 2.24) is 24.8 Å². The van der Waals surface area contributed by atoms with Crippen LogP contribution in [0.3, 0.4) is 0 Å². The number of nitrogens with one attached hydrogen (secondary N) is 1. The van der Waals surface area contributed by atoms with Crippen molar-refractivity contribution >= 4 is 34.3 Å². The Balaban J connectivity index is 1.64. The van der Waals surface area contributed by atoms with E-state index in [2.05, 4.69) is 44.1 Å². The lowest BCUT2D eigenvalue weighted by molar-refractivity contribution is 0.0118. The first-order chi connectivity index (χ1) is 14.8. The number of aromatic nitrogens is 3. The molecule has 4 rings (SSSR count). The Morgan fingerprint density at radius 1 is 1.32 bits per heavy atom. The number of rotatable bonds is 2. The number of halogens is 1. The molecular formula is C22H23IN6O2. The third kappa shape index (κ3) is 4.50. The van der Waals surface area contributed by atoms with Crippen molar-refractivity contribution in [3.8, 4) is 17.2 Å². The van der Waals surface area contributed by atoms with Crippen molar-refractivity contribution in [2.24, 2.45) is 0 Å². The van der Waals surface area contributed by atoms with E-state index in [1.807, 2.05) is 51.1 Å². The zero-order chi connectivity index (χ0) is 22.2. The molecule has 31 heavy (non-hydrogen) atoms. The van der Waals surface area contributed by atoms with Gasteiger partial charge in [-0.1, -0.05) is 24.3 Å². The fraction of sp³-hybridized carbons (Fsp3) is 0.364. The normalized spacial score (nSPS) is 16.9. The number of nitrogens with zero attached hydrogens (tertiary/aromatic N) is 5. The first-order valence-electron chi connectivity index (χ1n) is 10.0. The molecule has 2 aromatic heterocycles. The van der Waals surface area contributed by atoms with Gasteiger partial charge < -0.3 is 10.1 Å². The van der Waals surface area contributed by atoms with E-state index in [-0.39, 0.29) is 12.1 Å². The maximum atomic E-state index is 12.7. The maximum absolute atomic E-state index is 12.7. The Hall–Kier alpha value is -2.71. The molecule has 1 fully saturated rings. The Bertz CT molecular complexity index is 1160. The molecular weight excluding hydrogens is 507 g/mol. The Morgan fingerprint density at radius 3 is 2.74 bits per heavy atom. The van der Waals surface area contributed by atoms with Gasteiger partial charge in [0.15, 0.2) is 11.3 Å². The lowest BCUT2D eigenvalue weighted by atomic mass is 9.98. The van der Waals surface area contributed by atoms with Gasteiger partial charge in [-0.05, 0) is 60.6 Å². The van der Waals surface area contributed by atoms with Crippen molar-refractivity contribution in [3.63, 3.8) is 0 Å². The Morgan fingerprint density at radius 2 is 2.06 bits per heavy atom. The zero-order valence-electron chi connectivity index (χ0n) is 17.6. The number of amides is 1. The fourth-order valence-electron chi connectivity index (χ4n) is 3.62. The summed E-state index contributed by atoms with van der Waals surface area (Å²) in [6, 6.07) is 11.8. The van der Waals surface area contributed by atoms with Gasteiger partial charge in [0.05, 0.1) is 12.2 Å². The molecule has 1 amide bonds. The summed E-state index contributed by atoms with van der Waals surface area (Å²) in [5, 5.41) is 17.4. The highest BCUT2D eigenvalue weighted by Gasteiger charge is 2.31. The second-order valence-corrected chi connectivity index (χ2v) is 9.49. The molecule has 1 aliphatic rings. The quantitative estimate of drug-likeness (QED) is 0.508. The third-order valence-corrected chi connectivity index (χ3v) is 5.77. The molecule has 0 spiro atoms. The van der Waals surface area contributed by atoms with Crippen molar-refractivity contribution in [3.05, 3.63) is 51.5 Å². The molecule has 0 radical (unpaired) electrons. The lowest BCUT2D eigenvalue weighted by Gasteiger charge is -2.37. The van der Waals surface area contributed by atoms with E-state index in [0.717, 1.165) is 26.9 Å². The van der Waals surface area contributed by atoms with Gasteiger partial charge in [-0.25, -0.2) is 14.3 Å². The standard InChI is InChI=1S/C22H23IN6O2/c1-22(2,3)31-21(30)28-9-8-25-12-18(28)15-6-4-14(5-7-15)16-10-20-26-13-19(23)29(20)27-17(16)11-24/h4-7,10,13,18,25H,8-9,12H2,1-3H3. The van der Waals surface area contributed by atoms with Gasteiger partial charge in [-0.15, -0.1) is 0 Å². The van der Waals surface area contributed by atoms with Gasteiger partial charge >= 0.3 is 6.09 Å². The molecule has 160 valence electrons. The first-order valence-corrected chi connectivity index (χ1v) is 11.1. The summed E-state index contributed by atoms with van der Waals surface area (Å²) < 4.78 is 8.10. The monoisotopic (exact) mass is 530 g/mol. The van der Waals surface area contributed by atoms with Crippen LogP contribution in [0.25, 0.3) is 16.8 Å². The Kier molecular flexibility index (Phi) is 5.85. The average molecular weight is 530 g/mol. The summed E-state index contributed by atoms with van der Waals surface area (Å²) >= 11 is 2.14. The van der Waals surface area contributed by atoms with E-state index < -0.39 is 5.60 Å². The molecule has 9 heteroatoms. The van der Waals surface area contributed by atoms with Gasteiger partial charge in [0, 0.05) is 25.2 Å². The van der Waals surface area contributed by atoms with Gasteiger partial charge in [0.25, 0.3) is 0 Å². The fourth-order valence-corrected chi connectivity index (χ4v) is 4.11. The topological polar surface area (TPSA) is 95.6 Å². The van der Waals surface area contributed by atoms with Gasteiger partial charge in [-0.2, -0.15) is 10.4 Å². The summed E-state index contributed by atoms with van der Waals surface area (Å²) in [7, 11) is 0. The van der Waals surface area contributed by atoms with Crippen LogP contribution < -0.4 is 5.32 Å². The van der Waals surface area contributed by atoms with Crippen molar-refractivity contribution in [1.29, 1.82) is 5.26 Å². The van der Waals surface area contributed by atoms with E-state index in [0.29, 0.717) is 24.4 Å². The number of piperazine rings is 1. The van der Waals surface area contributed by atoms with Crippen molar-refractivity contribution in [2.45, 2.75) is 32.4 Å². The van der Waals surface area contributed by atoms with Crippen LogP contribution in [0.4, 0.5) is 4.79 Å². The Labute approximate surface area is 194 Å². The summed E-state index contributed by atoms with van der Waals surface area (Å²) in [5.41, 5.74) is 3.10. The van der Waals surface area contributed by atoms with E-state index in [4.69, 9.17) is 4.74 Å². The van der Waals surface area contributed by atoms with Crippen LogP contribution in [0, 0.1) is 15.0 Å². The van der Waals surface area contributed by atoms with Crippen LogP contribution in [0.1, 0.15) is 38.1 Å². The number of imidazole rings is 1. The number of carbonyl (C=O) groups is 1. The maximum Gasteiger partial charge on any atom is 0.410 e. The SMILES string of the molecule is CC(C)(C)OC(=O)N1CCNCC1c1ccc(-c2cc3ncc(I)n3nc2C#N)cc1. The van der Waals surface area contributed by atoms with E-state index in [1.165, 1.54) is 0 Å². The molecule has 1 aromatic carbocycles. The van der Waals surface area contributed by atoms with Crippen LogP contribution in [-0.4, -0.2) is 50.8 Å². The highest BCUT2D eigenvalue weighted by Crippen LogP contribution is 2.29. The number of carbonyl (C=O) groups excluding carboxylic acids is 1. The molecule has 3 heterocycles. The molecule has 1 aliphatic heterocycles. The molecule has 1 saturated heterocycles. The van der Waals surface area contributed by atoms with Crippen molar-refractivity contribution in [2.75, 3.05) is 19.6 Å². The summed E-state index contributed by atoms with van der Waals surface area (Å²) in [6.07, 6.45) is 1.41. The van der Waals surface area contributed by atoms with Gasteiger partial charge in [-0.3, -0.25) is 4.90 Å². The molecule has 1 atom stereocenters. The summed E-state index contributed by atoms with van der Waals surface area (Å²) in [4.78, 5) is 18.8. The number of nitriles is 1. The van der Waals surface area contributed by atoms with Crippen LogP contribution in [0.15, 0.2) is 36.5 Å². The predicted octanol–water partition coefficient (Wildman–Crippen LogP) is 3.75. The minimum Gasteiger partial charge on any atom is -0.444 e. The number of hydrogen-bond acceptors (Lipinski definition) is 6. The highest BCUT2D eigenvalue weighted by atomic mass is 127. The summed E-state index contributed by atoms with van der Waals surface area (Å²) in [5.74, 6) is 0. The first kappa shape index (κ1) is 21.5. The molecule has 0 saturated carbocycles. The smallest absolute Gasteiger partial charge is 0.410 e. The molecule has 8 nitrogen and oxygen atoms in total. The number of hydrogen-bond donors (Lipinski definition) is 1. The van der Waals surface area contributed by atoms with Crippen molar-refractivity contribution < 1.29 is 9.53 Å². The van der Waals surface area contributed by atoms with Gasteiger partial charge in [0.1, 0.15) is 15.4 Å². The molecule has 1 unspecified atom stereocenters. The lowest BCUT2D eigenvalue weighted by Crippen LogP contribution is -2.50. The van der Waals surface area contributed by atoms with E-state index in [9.17, 15) is 10.1 Å². The van der Waals surface area contributed by atoms with E-state index >= 15 is 0 Å². The van der Waals surface area contributed by atoms with Gasteiger partial charge in [0.2, 0.25) is 0 Å². The predicted molar refractivity (Wildman–Crippen MR) is 124 cm³/mol. The molecule has 0 aliphatic carbocycles. The third-order valence-electron chi connectivity index (χ3n) is 5.04. The minimum atomic E-state index is -0.541. The van der Waals surface area contributed by atoms with Crippen LogP contribution in [-0.2, 0) is 4.74 Å².